The SMILES string of the molecule is COc1cccc(CC(N2CCCCC2)C23CC4CC(CC(C4)C2)C3)c1. The van der Waals surface area contributed by atoms with Crippen LogP contribution < -0.4 is 4.74 Å². The highest BCUT2D eigenvalue weighted by atomic mass is 16.5. The van der Waals surface area contributed by atoms with Gasteiger partial charge in [0.15, 0.2) is 0 Å². The van der Waals surface area contributed by atoms with E-state index in [1.54, 1.807) is 26.4 Å². The van der Waals surface area contributed by atoms with E-state index in [-0.39, 0.29) is 0 Å². The minimum absolute atomic E-state index is 0.606. The molecule has 1 aliphatic heterocycles. The van der Waals surface area contributed by atoms with Crippen LogP contribution in [-0.2, 0) is 6.42 Å². The van der Waals surface area contributed by atoms with Crippen LogP contribution in [0.15, 0.2) is 24.3 Å². The Balaban J connectivity index is 1.45. The predicted octanol–water partition coefficient (Wildman–Crippen LogP) is 5.31. The topological polar surface area (TPSA) is 12.5 Å². The Hall–Kier alpha value is -1.02. The second kappa shape index (κ2) is 6.86. The van der Waals surface area contributed by atoms with Crippen LogP contribution in [0.4, 0.5) is 0 Å². The number of piperidine rings is 1. The highest BCUT2D eigenvalue weighted by molar-refractivity contribution is 5.29. The number of ether oxygens (including phenoxy) is 1. The third kappa shape index (κ3) is 3.09. The lowest BCUT2D eigenvalue weighted by Crippen LogP contribution is -2.58. The average molecular weight is 354 g/mol. The smallest absolute Gasteiger partial charge is 0.119 e. The van der Waals surface area contributed by atoms with Gasteiger partial charge in [-0.2, -0.15) is 0 Å². The molecule has 4 saturated carbocycles. The molecular weight excluding hydrogens is 318 g/mol. The summed E-state index contributed by atoms with van der Waals surface area (Å²) in [5, 5.41) is 0. The van der Waals surface area contributed by atoms with Crippen LogP contribution >= 0.6 is 0 Å². The molecule has 1 aromatic rings. The van der Waals surface area contributed by atoms with Crippen LogP contribution in [0.1, 0.15) is 63.4 Å². The fourth-order valence-corrected chi connectivity index (χ4v) is 7.57. The minimum atomic E-state index is 0.606. The zero-order valence-corrected chi connectivity index (χ0v) is 16.5. The molecule has 0 aromatic heterocycles. The van der Waals surface area contributed by atoms with Gasteiger partial charge in [-0.05, 0) is 112 Å². The molecule has 0 radical (unpaired) electrons. The first kappa shape index (κ1) is 17.1. The molecule has 142 valence electrons. The fraction of sp³-hybridized carbons (Fsp3) is 0.750. The summed E-state index contributed by atoms with van der Waals surface area (Å²) in [4.78, 5) is 2.91. The van der Waals surface area contributed by atoms with Gasteiger partial charge in [0.2, 0.25) is 0 Å². The largest absolute Gasteiger partial charge is 0.497 e. The third-order valence-electron chi connectivity index (χ3n) is 8.19. The van der Waals surface area contributed by atoms with Gasteiger partial charge >= 0.3 is 0 Å². The van der Waals surface area contributed by atoms with Gasteiger partial charge in [0.1, 0.15) is 5.75 Å². The first-order chi connectivity index (χ1) is 12.7. The number of methoxy groups -OCH3 is 1. The summed E-state index contributed by atoms with van der Waals surface area (Å²) in [7, 11) is 1.79. The molecule has 1 heterocycles. The van der Waals surface area contributed by atoms with Gasteiger partial charge in [-0.1, -0.05) is 18.6 Å². The maximum Gasteiger partial charge on any atom is 0.119 e. The molecule has 6 rings (SSSR count). The van der Waals surface area contributed by atoms with Gasteiger partial charge in [-0.25, -0.2) is 0 Å². The molecule has 1 unspecified atom stereocenters. The monoisotopic (exact) mass is 353 g/mol. The van der Waals surface area contributed by atoms with E-state index in [2.05, 4.69) is 29.2 Å². The van der Waals surface area contributed by atoms with Crippen LogP contribution in [-0.4, -0.2) is 31.1 Å². The van der Waals surface area contributed by atoms with E-state index < -0.39 is 0 Å². The van der Waals surface area contributed by atoms with E-state index in [0.29, 0.717) is 5.41 Å². The first-order valence-corrected chi connectivity index (χ1v) is 11.1. The molecule has 5 fully saturated rings. The summed E-state index contributed by atoms with van der Waals surface area (Å²) in [5.74, 6) is 4.14. The van der Waals surface area contributed by atoms with Crippen molar-refractivity contribution in [2.75, 3.05) is 20.2 Å². The van der Waals surface area contributed by atoms with Crippen molar-refractivity contribution < 1.29 is 4.74 Å². The Labute approximate surface area is 159 Å². The van der Waals surface area contributed by atoms with Crippen LogP contribution in [0.25, 0.3) is 0 Å². The summed E-state index contributed by atoms with van der Waals surface area (Å²) in [6.45, 7) is 2.66. The van der Waals surface area contributed by atoms with Crippen LogP contribution in [0, 0.1) is 23.2 Å². The Morgan fingerprint density at radius 3 is 2.27 bits per heavy atom. The lowest BCUT2D eigenvalue weighted by Gasteiger charge is -2.61. The number of hydrogen-bond acceptors (Lipinski definition) is 2. The van der Waals surface area contributed by atoms with Crippen molar-refractivity contribution >= 4 is 0 Å². The Bertz CT molecular complexity index is 598. The predicted molar refractivity (Wildman–Crippen MR) is 107 cm³/mol. The molecule has 1 saturated heterocycles. The van der Waals surface area contributed by atoms with Crippen LogP contribution in [0.3, 0.4) is 0 Å². The Morgan fingerprint density at radius 1 is 1.00 bits per heavy atom. The molecule has 2 nitrogen and oxygen atoms in total. The van der Waals surface area contributed by atoms with E-state index in [0.717, 1.165) is 29.5 Å². The lowest BCUT2D eigenvalue weighted by atomic mass is 9.47. The molecule has 5 aliphatic rings. The van der Waals surface area contributed by atoms with Gasteiger partial charge < -0.3 is 4.74 Å². The maximum absolute atomic E-state index is 5.52. The van der Waals surface area contributed by atoms with Crippen molar-refractivity contribution in [2.45, 2.75) is 70.3 Å². The van der Waals surface area contributed by atoms with Crippen molar-refractivity contribution in [3.05, 3.63) is 29.8 Å². The molecule has 1 atom stereocenters. The molecule has 1 aromatic carbocycles. The third-order valence-corrected chi connectivity index (χ3v) is 8.19. The summed E-state index contributed by atoms with van der Waals surface area (Å²) in [6, 6.07) is 9.64. The van der Waals surface area contributed by atoms with Gasteiger partial charge in [0, 0.05) is 6.04 Å². The van der Waals surface area contributed by atoms with E-state index in [4.69, 9.17) is 4.74 Å². The molecule has 2 heteroatoms. The Kier molecular flexibility index (Phi) is 4.51. The van der Waals surface area contributed by atoms with E-state index in [1.807, 2.05) is 0 Å². The lowest BCUT2D eigenvalue weighted by molar-refractivity contribution is -0.104. The van der Waals surface area contributed by atoms with E-state index in [9.17, 15) is 0 Å². The zero-order chi connectivity index (χ0) is 17.6. The fourth-order valence-electron chi connectivity index (χ4n) is 7.57. The van der Waals surface area contributed by atoms with Gasteiger partial charge in [0.25, 0.3) is 0 Å². The average Bonchev–Trinajstić information content (AvgIpc) is 2.66. The minimum Gasteiger partial charge on any atom is -0.497 e. The zero-order valence-electron chi connectivity index (χ0n) is 16.5. The second-order valence-corrected chi connectivity index (χ2v) is 9.95. The summed E-state index contributed by atoms with van der Waals surface area (Å²) in [5.41, 5.74) is 2.09. The van der Waals surface area contributed by atoms with Gasteiger partial charge in [-0.15, -0.1) is 0 Å². The van der Waals surface area contributed by atoms with Crippen LogP contribution in [0.2, 0.25) is 0 Å². The van der Waals surface area contributed by atoms with Crippen LogP contribution in [0.5, 0.6) is 5.75 Å². The molecule has 4 bridgehead atoms. The molecule has 0 spiro atoms. The number of benzene rings is 1. The number of nitrogens with zero attached hydrogens (tertiary/aromatic N) is 1. The first-order valence-electron chi connectivity index (χ1n) is 11.1. The highest BCUT2D eigenvalue weighted by Gasteiger charge is 2.55. The molecule has 4 aliphatic carbocycles. The molecule has 0 amide bonds. The Morgan fingerprint density at radius 2 is 1.65 bits per heavy atom. The number of hydrogen-bond donors (Lipinski definition) is 0. The second-order valence-electron chi connectivity index (χ2n) is 9.95. The molecule has 0 N–H and O–H groups in total. The van der Waals surface area contributed by atoms with Gasteiger partial charge in [-0.3, -0.25) is 4.90 Å². The quantitative estimate of drug-likeness (QED) is 0.711. The summed E-state index contributed by atoms with van der Waals surface area (Å²) >= 11 is 0. The molecule has 26 heavy (non-hydrogen) atoms. The van der Waals surface area contributed by atoms with Crippen molar-refractivity contribution in [1.29, 1.82) is 0 Å². The summed E-state index contributed by atoms with van der Waals surface area (Å²) in [6.07, 6.45) is 14.7. The standard InChI is InChI=1S/C24H35NO/c1-26-22-7-5-6-18(13-22)14-23(25-8-3-2-4-9-25)24-15-19-10-20(16-24)12-21(11-19)17-24/h5-7,13,19-21,23H,2-4,8-12,14-17H2,1H3. The number of rotatable bonds is 5. The van der Waals surface area contributed by atoms with E-state index >= 15 is 0 Å². The van der Waals surface area contributed by atoms with Crippen molar-refractivity contribution in [1.82, 2.24) is 4.90 Å². The molecular formula is C24H35NO. The van der Waals surface area contributed by atoms with Crippen molar-refractivity contribution in [3.63, 3.8) is 0 Å². The highest BCUT2D eigenvalue weighted by Crippen LogP contribution is 2.62. The normalized spacial score (nSPS) is 37.7. The van der Waals surface area contributed by atoms with E-state index in [1.165, 1.54) is 63.6 Å². The van der Waals surface area contributed by atoms with Crippen molar-refractivity contribution in [3.8, 4) is 5.75 Å². The number of likely N-dealkylation sites (tertiary alicyclic amines) is 1. The van der Waals surface area contributed by atoms with Gasteiger partial charge in [0.05, 0.1) is 7.11 Å². The summed E-state index contributed by atoms with van der Waals surface area (Å²) < 4.78 is 5.52. The maximum atomic E-state index is 5.52. The van der Waals surface area contributed by atoms with Crippen molar-refractivity contribution in [2.24, 2.45) is 23.2 Å².